The second-order valence-electron chi connectivity index (χ2n) is 5.26. The van der Waals surface area contributed by atoms with Crippen molar-refractivity contribution in [2.45, 2.75) is 37.8 Å². The first-order chi connectivity index (χ1) is 9.95. The zero-order valence-corrected chi connectivity index (χ0v) is 11.3. The standard InChI is InChI=1S/C15H15F3N2O/c16-15(17,18)12-6-2-1-5-10(12)14(21)11(9-19)13-7-3-4-8-20-13/h3-4,7-8,10-12H,1-2,5-6H2. The fourth-order valence-electron chi connectivity index (χ4n) is 2.90. The maximum atomic E-state index is 13.1. The molecule has 0 aromatic carbocycles. The molecule has 1 saturated carbocycles. The van der Waals surface area contributed by atoms with Crippen LogP contribution in [0, 0.1) is 23.2 Å². The van der Waals surface area contributed by atoms with E-state index in [1.165, 1.54) is 12.3 Å². The van der Waals surface area contributed by atoms with E-state index in [0.717, 1.165) is 0 Å². The number of rotatable bonds is 3. The maximum Gasteiger partial charge on any atom is 0.392 e. The number of ketones is 1. The predicted octanol–water partition coefficient (Wildman–Crippen LogP) is 3.63. The van der Waals surface area contributed by atoms with Gasteiger partial charge in [-0.25, -0.2) is 0 Å². The number of alkyl halides is 3. The Kier molecular flexibility index (Phi) is 4.61. The number of Topliss-reactive ketones (excluding diaryl/α,β-unsaturated/α-hetero) is 1. The van der Waals surface area contributed by atoms with Gasteiger partial charge in [0, 0.05) is 12.1 Å². The van der Waals surface area contributed by atoms with Gasteiger partial charge in [0.1, 0.15) is 5.92 Å². The quantitative estimate of drug-likeness (QED) is 0.856. The van der Waals surface area contributed by atoms with Crippen molar-refractivity contribution in [3.63, 3.8) is 0 Å². The van der Waals surface area contributed by atoms with Gasteiger partial charge in [-0.05, 0) is 25.0 Å². The number of hydrogen-bond acceptors (Lipinski definition) is 3. The molecule has 1 aromatic rings. The summed E-state index contributed by atoms with van der Waals surface area (Å²) in [5.41, 5.74) is 0.219. The molecule has 0 N–H and O–H groups in total. The van der Waals surface area contributed by atoms with Crippen molar-refractivity contribution >= 4 is 5.78 Å². The average molecular weight is 296 g/mol. The lowest BCUT2D eigenvalue weighted by atomic mass is 9.73. The minimum atomic E-state index is -4.40. The number of aromatic nitrogens is 1. The van der Waals surface area contributed by atoms with Crippen molar-refractivity contribution in [1.82, 2.24) is 4.98 Å². The van der Waals surface area contributed by atoms with Gasteiger partial charge in [0.05, 0.1) is 17.7 Å². The number of halogens is 3. The smallest absolute Gasteiger partial charge is 0.297 e. The summed E-state index contributed by atoms with van der Waals surface area (Å²) in [5.74, 6) is -4.65. The molecule has 1 aromatic heterocycles. The second kappa shape index (κ2) is 6.25. The molecule has 112 valence electrons. The highest BCUT2D eigenvalue weighted by Gasteiger charge is 2.49. The Bertz CT molecular complexity index is 536. The summed E-state index contributed by atoms with van der Waals surface area (Å²) in [7, 11) is 0. The van der Waals surface area contributed by atoms with Crippen molar-refractivity contribution in [3.8, 4) is 6.07 Å². The van der Waals surface area contributed by atoms with E-state index in [9.17, 15) is 23.2 Å². The van der Waals surface area contributed by atoms with Gasteiger partial charge in [-0.15, -0.1) is 0 Å². The molecule has 2 rings (SSSR count). The van der Waals surface area contributed by atoms with E-state index in [1.807, 2.05) is 6.07 Å². The Morgan fingerprint density at radius 3 is 2.62 bits per heavy atom. The lowest BCUT2D eigenvalue weighted by Gasteiger charge is -2.32. The van der Waals surface area contributed by atoms with Crippen LogP contribution in [-0.2, 0) is 4.79 Å². The number of carbonyl (C=O) groups excluding carboxylic acids is 1. The Labute approximate surface area is 120 Å². The van der Waals surface area contributed by atoms with Gasteiger partial charge in [0.2, 0.25) is 0 Å². The van der Waals surface area contributed by atoms with Gasteiger partial charge in [-0.3, -0.25) is 9.78 Å². The van der Waals surface area contributed by atoms with Crippen molar-refractivity contribution in [2.24, 2.45) is 11.8 Å². The summed E-state index contributed by atoms with van der Waals surface area (Å²) in [6.07, 6.45) is -1.77. The minimum Gasteiger partial charge on any atom is -0.297 e. The van der Waals surface area contributed by atoms with Gasteiger partial charge >= 0.3 is 6.18 Å². The molecule has 1 aliphatic carbocycles. The summed E-state index contributed by atoms with van der Waals surface area (Å²) >= 11 is 0. The highest BCUT2D eigenvalue weighted by molar-refractivity contribution is 5.90. The van der Waals surface area contributed by atoms with Crippen LogP contribution in [0.25, 0.3) is 0 Å². The summed E-state index contributed by atoms with van der Waals surface area (Å²) < 4.78 is 39.2. The highest BCUT2D eigenvalue weighted by Crippen LogP contribution is 2.43. The SMILES string of the molecule is N#CC(C(=O)C1CCCCC1C(F)(F)F)c1ccccn1. The van der Waals surface area contributed by atoms with E-state index in [0.29, 0.717) is 12.8 Å². The van der Waals surface area contributed by atoms with Gasteiger partial charge in [0.25, 0.3) is 0 Å². The Morgan fingerprint density at radius 2 is 2.05 bits per heavy atom. The molecule has 0 bridgehead atoms. The molecule has 3 unspecified atom stereocenters. The molecule has 1 heterocycles. The minimum absolute atomic E-state index is 0.0414. The Balaban J connectivity index is 2.26. The predicted molar refractivity (Wildman–Crippen MR) is 69.1 cm³/mol. The van der Waals surface area contributed by atoms with Crippen LogP contribution < -0.4 is 0 Å². The summed E-state index contributed by atoms with van der Waals surface area (Å²) in [4.78, 5) is 16.4. The molecule has 0 amide bonds. The molecule has 0 saturated heterocycles. The average Bonchev–Trinajstić information content (AvgIpc) is 2.48. The van der Waals surface area contributed by atoms with E-state index in [2.05, 4.69) is 4.98 Å². The molecule has 0 spiro atoms. The topological polar surface area (TPSA) is 53.8 Å². The third-order valence-corrected chi connectivity index (χ3v) is 3.95. The van der Waals surface area contributed by atoms with Gasteiger partial charge in [-0.1, -0.05) is 18.9 Å². The van der Waals surface area contributed by atoms with Crippen LogP contribution in [0.3, 0.4) is 0 Å². The van der Waals surface area contributed by atoms with Gasteiger partial charge < -0.3 is 0 Å². The fourth-order valence-corrected chi connectivity index (χ4v) is 2.90. The van der Waals surface area contributed by atoms with Gasteiger partial charge in [-0.2, -0.15) is 18.4 Å². The molecular formula is C15H15F3N2O. The van der Waals surface area contributed by atoms with Crippen molar-refractivity contribution in [3.05, 3.63) is 30.1 Å². The van der Waals surface area contributed by atoms with Crippen molar-refractivity contribution < 1.29 is 18.0 Å². The normalized spacial score (nSPS) is 24.1. The van der Waals surface area contributed by atoms with Gasteiger partial charge in [0.15, 0.2) is 5.78 Å². The van der Waals surface area contributed by atoms with E-state index in [4.69, 9.17) is 0 Å². The van der Waals surface area contributed by atoms with Crippen molar-refractivity contribution in [2.75, 3.05) is 0 Å². The van der Waals surface area contributed by atoms with Crippen LogP contribution in [-0.4, -0.2) is 16.9 Å². The number of nitriles is 1. The zero-order chi connectivity index (χ0) is 15.5. The fraction of sp³-hybridized carbons (Fsp3) is 0.533. The number of nitrogens with zero attached hydrogens (tertiary/aromatic N) is 2. The highest BCUT2D eigenvalue weighted by atomic mass is 19.4. The molecule has 21 heavy (non-hydrogen) atoms. The molecule has 1 fully saturated rings. The Morgan fingerprint density at radius 1 is 1.33 bits per heavy atom. The molecule has 1 aliphatic rings. The second-order valence-corrected chi connectivity index (χ2v) is 5.26. The lowest BCUT2D eigenvalue weighted by molar-refractivity contribution is -0.197. The first-order valence-corrected chi connectivity index (χ1v) is 6.86. The monoisotopic (exact) mass is 296 g/mol. The first kappa shape index (κ1) is 15.5. The zero-order valence-electron chi connectivity index (χ0n) is 11.3. The van der Waals surface area contributed by atoms with Crippen LogP contribution in [0.1, 0.15) is 37.3 Å². The maximum absolute atomic E-state index is 13.1. The molecule has 6 heteroatoms. The molecule has 0 radical (unpaired) electrons. The van der Waals surface area contributed by atoms with E-state index < -0.39 is 29.7 Å². The number of hydrogen-bond donors (Lipinski definition) is 0. The van der Waals surface area contributed by atoms with E-state index >= 15 is 0 Å². The molecular weight excluding hydrogens is 281 g/mol. The molecule has 3 atom stereocenters. The van der Waals surface area contributed by atoms with Crippen LogP contribution in [0.5, 0.6) is 0 Å². The largest absolute Gasteiger partial charge is 0.392 e. The van der Waals surface area contributed by atoms with Crippen molar-refractivity contribution in [1.29, 1.82) is 5.26 Å². The van der Waals surface area contributed by atoms with Crippen LogP contribution in [0.4, 0.5) is 13.2 Å². The Hall–Kier alpha value is -1.90. The van der Waals surface area contributed by atoms with Crippen LogP contribution >= 0.6 is 0 Å². The van der Waals surface area contributed by atoms with Crippen LogP contribution in [0.15, 0.2) is 24.4 Å². The number of carbonyl (C=O) groups is 1. The van der Waals surface area contributed by atoms with Crippen LogP contribution in [0.2, 0.25) is 0 Å². The molecule has 0 aliphatic heterocycles. The summed E-state index contributed by atoms with van der Waals surface area (Å²) in [6.45, 7) is 0. The number of pyridine rings is 1. The first-order valence-electron chi connectivity index (χ1n) is 6.86. The summed E-state index contributed by atoms with van der Waals surface area (Å²) in [6, 6.07) is 6.54. The summed E-state index contributed by atoms with van der Waals surface area (Å²) in [5, 5.41) is 9.18. The third kappa shape index (κ3) is 3.41. The lowest BCUT2D eigenvalue weighted by Crippen LogP contribution is -2.39. The van der Waals surface area contributed by atoms with E-state index in [-0.39, 0.29) is 18.5 Å². The van der Waals surface area contributed by atoms with E-state index in [1.54, 1.807) is 12.1 Å². The molecule has 3 nitrogen and oxygen atoms in total. The third-order valence-electron chi connectivity index (χ3n) is 3.95.